The number of nitrogens with zero attached hydrogens (tertiary/aromatic N) is 5. The van der Waals surface area contributed by atoms with Gasteiger partial charge in [0.1, 0.15) is 17.5 Å². The van der Waals surface area contributed by atoms with Gasteiger partial charge in [-0.1, -0.05) is 37.6 Å². The largest absolute Gasteiger partial charge is 0.366 e. The van der Waals surface area contributed by atoms with Gasteiger partial charge in [0.2, 0.25) is 5.91 Å². The van der Waals surface area contributed by atoms with E-state index in [0.29, 0.717) is 49.9 Å². The fourth-order valence-corrected chi connectivity index (χ4v) is 4.59. The summed E-state index contributed by atoms with van der Waals surface area (Å²) < 4.78 is 14.1. The molecular formula is C26H31ClFN5O. The van der Waals surface area contributed by atoms with E-state index < -0.39 is 0 Å². The van der Waals surface area contributed by atoms with Crippen LogP contribution in [0.2, 0.25) is 5.02 Å². The van der Waals surface area contributed by atoms with Crippen molar-refractivity contribution in [2.45, 2.75) is 33.1 Å². The second kappa shape index (κ2) is 11.0. The molecule has 1 aliphatic heterocycles. The number of carbonyl (C=O) groups excluding carboxylic acids is 1. The lowest BCUT2D eigenvalue weighted by molar-refractivity contribution is -0.131. The Bertz CT molecular complexity index is 1150. The average Bonchev–Trinajstić information content (AvgIpc) is 2.86. The van der Waals surface area contributed by atoms with Crippen molar-refractivity contribution in [1.82, 2.24) is 14.9 Å². The van der Waals surface area contributed by atoms with Gasteiger partial charge in [0.25, 0.3) is 0 Å². The Hall–Kier alpha value is -2.93. The molecular weight excluding hydrogens is 453 g/mol. The minimum atomic E-state index is -0.220. The number of hydrogen-bond acceptors (Lipinski definition) is 5. The number of fused-ring (bicyclic) bond motifs is 1. The highest BCUT2D eigenvalue weighted by Crippen LogP contribution is 2.27. The number of rotatable bonds is 8. The van der Waals surface area contributed by atoms with Gasteiger partial charge >= 0.3 is 0 Å². The number of aromatic nitrogens is 2. The summed E-state index contributed by atoms with van der Waals surface area (Å²) in [6.07, 6.45) is 2.07. The molecule has 0 N–H and O–H groups in total. The molecule has 6 nitrogen and oxygen atoms in total. The third-order valence-electron chi connectivity index (χ3n) is 6.22. The molecule has 2 aromatic carbocycles. The number of amides is 1. The highest BCUT2D eigenvalue weighted by atomic mass is 35.5. The first-order valence-electron chi connectivity index (χ1n) is 12.0. The molecule has 1 aliphatic rings. The molecule has 0 radical (unpaired) electrons. The number of hydrogen-bond donors (Lipinski definition) is 0. The number of benzene rings is 2. The number of halogens is 2. The summed E-state index contributed by atoms with van der Waals surface area (Å²) in [5.74, 6) is 1.52. The molecule has 2 heterocycles. The lowest BCUT2D eigenvalue weighted by Crippen LogP contribution is -2.49. The van der Waals surface area contributed by atoms with Crippen LogP contribution in [0.15, 0.2) is 42.5 Å². The molecule has 1 amide bonds. The van der Waals surface area contributed by atoms with E-state index in [2.05, 4.69) is 16.8 Å². The number of piperazine rings is 1. The molecule has 0 bridgehead atoms. The van der Waals surface area contributed by atoms with Crippen LogP contribution < -0.4 is 9.80 Å². The lowest BCUT2D eigenvalue weighted by Gasteiger charge is -2.36. The molecule has 8 heteroatoms. The highest BCUT2D eigenvalue weighted by molar-refractivity contribution is 6.31. The summed E-state index contributed by atoms with van der Waals surface area (Å²) in [5.41, 5.74) is 1.43. The second-order valence-corrected chi connectivity index (χ2v) is 8.97. The smallest absolute Gasteiger partial charge is 0.224 e. The van der Waals surface area contributed by atoms with Crippen LogP contribution in [0.4, 0.5) is 15.9 Å². The van der Waals surface area contributed by atoms with E-state index in [9.17, 15) is 9.18 Å². The van der Waals surface area contributed by atoms with Crippen LogP contribution in [0.25, 0.3) is 10.9 Å². The minimum absolute atomic E-state index is 0.117. The summed E-state index contributed by atoms with van der Waals surface area (Å²) in [7, 11) is 0. The van der Waals surface area contributed by atoms with Crippen LogP contribution in [-0.2, 0) is 11.2 Å². The summed E-state index contributed by atoms with van der Waals surface area (Å²) in [6, 6.07) is 12.5. The zero-order valence-electron chi connectivity index (χ0n) is 19.8. The van der Waals surface area contributed by atoms with Crippen LogP contribution in [0.3, 0.4) is 0 Å². The zero-order chi connectivity index (χ0) is 24.1. The molecule has 0 aliphatic carbocycles. The van der Waals surface area contributed by atoms with Gasteiger partial charge in [-0.05, 0) is 36.8 Å². The van der Waals surface area contributed by atoms with Crippen molar-refractivity contribution in [3.05, 3.63) is 59.1 Å². The molecule has 0 unspecified atom stereocenters. The number of carbonyl (C=O) groups is 1. The molecule has 3 aromatic rings. The van der Waals surface area contributed by atoms with Crippen molar-refractivity contribution in [1.29, 1.82) is 0 Å². The Morgan fingerprint density at radius 3 is 2.53 bits per heavy atom. The van der Waals surface area contributed by atoms with Crippen LogP contribution in [0.1, 0.15) is 32.5 Å². The first-order valence-corrected chi connectivity index (χ1v) is 12.4. The van der Waals surface area contributed by atoms with E-state index in [-0.39, 0.29) is 11.7 Å². The van der Waals surface area contributed by atoms with Gasteiger partial charge in [0.05, 0.1) is 11.2 Å². The third-order valence-corrected chi connectivity index (χ3v) is 6.45. The van der Waals surface area contributed by atoms with Crippen LogP contribution in [0, 0.1) is 5.82 Å². The predicted molar refractivity (Wildman–Crippen MR) is 136 cm³/mol. The maximum Gasteiger partial charge on any atom is 0.224 e. The lowest BCUT2D eigenvalue weighted by atomic mass is 10.2. The molecule has 4 rings (SSSR count). The van der Waals surface area contributed by atoms with Crippen LogP contribution in [-0.4, -0.2) is 60.0 Å². The van der Waals surface area contributed by atoms with E-state index >= 15 is 0 Å². The Kier molecular flexibility index (Phi) is 7.83. The molecule has 0 saturated carbocycles. The van der Waals surface area contributed by atoms with Crippen molar-refractivity contribution in [2.24, 2.45) is 0 Å². The first-order chi connectivity index (χ1) is 16.5. The third kappa shape index (κ3) is 5.41. The zero-order valence-corrected chi connectivity index (χ0v) is 20.6. The molecule has 1 fully saturated rings. The maximum atomic E-state index is 14.1. The Morgan fingerprint density at radius 2 is 1.82 bits per heavy atom. The summed E-state index contributed by atoms with van der Waals surface area (Å²) in [4.78, 5) is 28.6. The van der Waals surface area contributed by atoms with Crippen molar-refractivity contribution >= 4 is 39.9 Å². The fraction of sp³-hybridized carbons (Fsp3) is 0.423. The summed E-state index contributed by atoms with van der Waals surface area (Å²) in [5, 5.41) is 1.59. The van der Waals surface area contributed by atoms with Crippen LogP contribution in [0.5, 0.6) is 0 Å². The molecule has 1 saturated heterocycles. The predicted octanol–water partition coefficient (Wildman–Crippen LogP) is 4.94. The van der Waals surface area contributed by atoms with Crippen molar-refractivity contribution < 1.29 is 9.18 Å². The number of para-hydroxylation sites is 1. The molecule has 34 heavy (non-hydrogen) atoms. The van der Waals surface area contributed by atoms with E-state index in [4.69, 9.17) is 16.6 Å². The van der Waals surface area contributed by atoms with Gasteiger partial charge in [-0.25, -0.2) is 14.4 Å². The van der Waals surface area contributed by atoms with Gasteiger partial charge in [0, 0.05) is 62.5 Å². The maximum absolute atomic E-state index is 14.1. The summed E-state index contributed by atoms with van der Waals surface area (Å²) in [6.45, 7) is 7.98. The number of anilines is 2. The molecule has 0 spiro atoms. The monoisotopic (exact) mass is 483 g/mol. The Balaban J connectivity index is 1.43. The quantitative estimate of drug-likeness (QED) is 0.454. The Labute approximate surface area is 205 Å². The normalized spacial score (nSPS) is 14.0. The molecule has 1 aromatic heterocycles. The standard InChI is InChI=1S/C26H31ClFN5O/c1-3-12-33(26-20-10-9-19(27)18-22(20)29-24(4-2)30-26)13-11-25(34)32-16-14-31(15-17-32)23-8-6-5-7-21(23)28/h5-10,18H,3-4,11-17H2,1-2H3. The molecule has 0 atom stereocenters. The van der Waals surface area contributed by atoms with Gasteiger partial charge in [0.15, 0.2) is 0 Å². The van der Waals surface area contributed by atoms with Crippen molar-refractivity contribution in [3.63, 3.8) is 0 Å². The minimum Gasteiger partial charge on any atom is -0.366 e. The van der Waals surface area contributed by atoms with E-state index in [1.165, 1.54) is 6.07 Å². The first kappa shape index (κ1) is 24.2. The van der Waals surface area contributed by atoms with E-state index in [1.54, 1.807) is 12.1 Å². The van der Waals surface area contributed by atoms with Gasteiger partial charge in [-0.2, -0.15) is 0 Å². The Morgan fingerprint density at radius 1 is 1.06 bits per heavy atom. The second-order valence-electron chi connectivity index (χ2n) is 8.53. The fourth-order valence-electron chi connectivity index (χ4n) is 4.42. The van der Waals surface area contributed by atoms with Crippen molar-refractivity contribution in [3.8, 4) is 0 Å². The SMILES string of the molecule is CCCN(CCC(=O)N1CCN(c2ccccc2F)CC1)c1nc(CC)nc2cc(Cl)ccc12. The molecule has 180 valence electrons. The van der Waals surface area contributed by atoms with Gasteiger partial charge < -0.3 is 14.7 Å². The average molecular weight is 484 g/mol. The van der Waals surface area contributed by atoms with Gasteiger partial charge in [-0.15, -0.1) is 0 Å². The van der Waals surface area contributed by atoms with Crippen LogP contribution >= 0.6 is 11.6 Å². The summed E-state index contributed by atoms with van der Waals surface area (Å²) >= 11 is 6.21. The van der Waals surface area contributed by atoms with E-state index in [1.807, 2.05) is 41.0 Å². The number of aryl methyl sites for hydroxylation is 1. The van der Waals surface area contributed by atoms with Gasteiger partial charge in [-0.3, -0.25) is 4.79 Å². The van der Waals surface area contributed by atoms with E-state index in [0.717, 1.165) is 41.9 Å². The topological polar surface area (TPSA) is 52.6 Å². The highest BCUT2D eigenvalue weighted by Gasteiger charge is 2.23. The van der Waals surface area contributed by atoms with Crippen molar-refractivity contribution in [2.75, 3.05) is 49.1 Å².